The van der Waals surface area contributed by atoms with Crippen LogP contribution in [-0.4, -0.2) is 63.0 Å². The molecule has 1 heterocycles. The zero-order chi connectivity index (χ0) is 19.6. The van der Waals surface area contributed by atoms with Crippen molar-refractivity contribution >= 4 is 91.3 Å². The quantitative estimate of drug-likeness (QED) is 0.378. The summed E-state index contributed by atoms with van der Waals surface area (Å²) in [5.41, 5.74) is 0.695. The van der Waals surface area contributed by atoms with Crippen molar-refractivity contribution in [3.8, 4) is 0 Å². The van der Waals surface area contributed by atoms with E-state index in [1.165, 1.54) is 19.1 Å². The van der Waals surface area contributed by atoms with Crippen LogP contribution in [0.2, 0.25) is 0 Å². The first-order valence-electron chi connectivity index (χ1n) is 7.17. The number of amides is 1. The van der Waals surface area contributed by atoms with Crippen LogP contribution in [0.4, 0.5) is 5.69 Å². The van der Waals surface area contributed by atoms with Crippen molar-refractivity contribution in [2.75, 3.05) is 38.9 Å². The van der Waals surface area contributed by atoms with Crippen LogP contribution in [0.3, 0.4) is 0 Å². The van der Waals surface area contributed by atoms with Crippen LogP contribution in [0, 0.1) is 10.7 Å². The van der Waals surface area contributed by atoms with Crippen molar-refractivity contribution in [2.24, 2.45) is 0 Å². The average Bonchev–Trinajstić information content (AvgIpc) is 2.62. The van der Waals surface area contributed by atoms with Gasteiger partial charge in [0.25, 0.3) is 5.91 Å². The fourth-order valence-electron chi connectivity index (χ4n) is 2.50. The van der Waals surface area contributed by atoms with Gasteiger partial charge in [0, 0.05) is 3.57 Å². The highest BCUT2D eigenvalue weighted by Gasteiger charge is 2.37. The number of aliphatic hydroxyl groups excluding tert-OH is 1. The minimum absolute atomic E-state index is 0.140. The van der Waals surface area contributed by atoms with Crippen LogP contribution in [0.25, 0.3) is 0 Å². The number of halogens is 3. The van der Waals surface area contributed by atoms with Crippen LogP contribution < -0.4 is 4.90 Å². The Morgan fingerprint density at radius 2 is 1.62 bits per heavy atom. The molecule has 1 amide bonds. The lowest BCUT2D eigenvalue weighted by Gasteiger charge is -2.36. The van der Waals surface area contributed by atoms with Gasteiger partial charge in [-0.3, -0.25) is 4.79 Å². The molecule has 2 rings (SSSR count). The fourth-order valence-corrected chi connectivity index (χ4v) is 7.06. The Bertz CT molecular complexity index is 725. The van der Waals surface area contributed by atoms with E-state index in [1.54, 1.807) is 0 Å². The zero-order valence-corrected chi connectivity index (χ0v) is 20.1. The van der Waals surface area contributed by atoms with Crippen molar-refractivity contribution in [2.45, 2.75) is 6.04 Å². The Morgan fingerprint density at radius 1 is 1.12 bits per heavy atom. The van der Waals surface area contributed by atoms with E-state index in [-0.39, 0.29) is 36.9 Å². The van der Waals surface area contributed by atoms with E-state index in [9.17, 15) is 19.5 Å². The van der Waals surface area contributed by atoms with Gasteiger partial charge in [0.2, 0.25) is 0 Å². The second-order valence-corrected chi connectivity index (χ2v) is 8.38. The molecule has 0 saturated carbocycles. The van der Waals surface area contributed by atoms with E-state index >= 15 is 0 Å². The Morgan fingerprint density at radius 3 is 2.04 bits per heavy atom. The molecule has 0 spiro atoms. The second kappa shape index (κ2) is 9.29. The molecule has 26 heavy (non-hydrogen) atoms. The van der Waals surface area contributed by atoms with Gasteiger partial charge in [-0.25, -0.2) is 9.59 Å². The average molecular weight is 701 g/mol. The van der Waals surface area contributed by atoms with Gasteiger partial charge in [0.1, 0.15) is 6.61 Å². The summed E-state index contributed by atoms with van der Waals surface area (Å²) in [4.78, 5) is 38.5. The van der Waals surface area contributed by atoms with Gasteiger partial charge in [0.15, 0.2) is 0 Å². The number of ether oxygens (including phenoxy) is 3. The number of nitrogens with zero attached hydrogens (tertiary/aromatic N) is 1. The number of carbonyl (C=O) groups excluding carboxylic acids is 3. The Hall–Kier alpha value is -0.260. The normalized spacial score (nSPS) is 17.2. The third-order valence-corrected chi connectivity index (χ3v) is 6.87. The first kappa shape index (κ1) is 22.0. The predicted octanol–water partition coefficient (Wildman–Crippen LogP) is 1.80. The highest BCUT2D eigenvalue weighted by Crippen LogP contribution is 2.39. The summed E-state index contributed by atoms with van der Waals surface area (Å²) >= 11 is 5.77. The lowest BCUT2D eigenvalue weighted by Crippen LogP contribution is -2.52. The van der Waals surface area contributed by atoms with Crippen LogP contribution in [0.15, 0.2) is 0 Å². The van der Waals surface area contributed by atoms with Gasteiger partial charge in [-0.05, 0) is 67.8 Å². The number of anilines is 1. The van der Waals surface area contributed by atoms with Crippen molar-refractivity contribution < 1.29 is 33.7 Å². The van der Waals surface area contributed by atoms with Gasteiger partial charge >= 0.3 is 11.9 Å². The summed E-state index contributed by atoms with van der Waals surface area (Å²) < 4.78 is 16.2. The van der Waals surface area contributed by atoms with E-state index in [0.29, 0.717) is 16.4 Å². The molecule has 1 aliphatic rings. The third kappa shape index (κ3) is 3.95. The number of rotatable bonds is 4. The van der Waals surface area contributed by atoms with Crippen molar-refractivity contribution in [3.05, 3.63) is 21.8 Å². The highest BCUT2D eigenvalue weighted by molar-refractivity contribution is 14.1. The van der Waals surface area contributed by atoms with Crippen molar-refractivity contribution in [1.82, 2.24) is 0 Å². The molecule has 1 aromatic rings. The van der Waals surface area contributed by atoms with Crippen LogP contribution in [-0.2, 0) is 19.0 Å². The number of morpholine rings is 1. The molecule has 1 aromatic carbocycles. The van der Waals surface area contributed by atoms with E-state index in [4.69, 9.17) is 14.2 Å². The van der Waals surface area contributed by atoms with Gasteiger partial charge in [0.05, 0.1) is 57.4 Å². The maximum Gasteiger partial charge on any atom is 0.340 e. The Balaban J connectivity index is 2.85. The van der Waals surface area contributed by atoms with Crippen LogP contribution in [0.1, 0.15) is 20.7 Å². The van der Waals surface area contributed by atoms with Crippen molar-refractivity contribution in [1.29, 1.82) is 0 Å². The maximum atomic E-state index is 12.5. The summed E-state index contributed by atoms with van der Waals surface area (Å²) in [5.74, 6) is -1.65. The largest absolute Gasteiger partial charge is 0.465 e. The molecular formula is C15H14I3NO7. The van der Waals surface area contributed by atoms with Crippen LogP contribution >= 0.6 is 67.8 Å². The summed E-state index contributed by atoms with van der Waals surface area (Å²) in [6.45, 7) is -0.345. The zero-order valence-electron chi connectivity index (χ0n) is 13.7. The summed E-state index contributed by atoms with van der Waals surface area (Å²) in [5, 5.41) is 9.66. The van der Waals surface area contributed by atoms with E-state index in [1.807, 2.05) is 67.8 Å². The summed E-state index contributed by atoms with van der Waals surface area (Å²) in [6, 6.07) is -0.630. The topological polar surface area (TPSA) is 102 Å². The van der Waals surface area contributed by atoms with Crippen LogP contribution in [0.5, 0.6) is 0 Å². The molecular weight excluding hydrogens is 687 g/mol. The minimum atomic E-state index is -0.636. The molecule has 11 heteroatoms. The second-order valence-electron chi connectivity index (χ2n) is 5.14. The van der Waals surface area contributed by atoms with Gasteiger partial charge < -0.3 is 24.2 Å². The molecule has 0 bridgehead atoms. The minimum Gasteiger partial charge on any atom is -0.465 e. The number of hydrogen-bond acceptors (Lipinski definition) is 7. The molecule has 1 aliphatic heterocycles. The number of hydrogen-bond donors (Lipinski definition) is 1. The molecule has 1 fully saturated rings. The number of aliphatic hydroxyl groups is 1. The summed E-state index contributed by atoms with van der Waals surface area (Å²) in [6.07, 6.45) is 0. The lowest BCUT2D eigenvalue weighted by atomic mass is 10.1. The predicted molar refractivity (Wildman–Crippen MR) is 116 cm³/mol. The third-order valence-electron chi connectivity index (χ3n) is 3.69. The molecule has 0 aliphatic carbocycles. The lowest BCUT2D eigenvalue weighted by molar-refractivity contribution is -0.128. The van der Waals surface area contributed by atoms with E-state index < -0.39 is 18.0 Å². The van der Waals surface area contributed by atoms with E-state index in [0.717, 1.165) is 0 Å². The van der Waals surface area contributed by atoms with Gasteiger partial charge in [-0.15, -0.1) is 0 Å². The maximum absolute atomic E-state index is 12.5. The smallest absolute Gasteiger partial charge is 0.340 e. The molecule has 1 atom stereocenters. The Labute approximate surface area is 190 Å². The first-order chi connectivity index (χ1) is 12.3. The van der Waals surface area contributed by atoms with E-state index in [2.05, 4.69) is 0 Å². The van der Waals surface area contributed by atoms with Gasteiger partial charge in [-0.2, -0.15) is 0 Å². The number of esters is 2. The number of methoxy groups -OCH3 is 2. The molecule has 142 valence electrons. The Kier molecular flexibility index (Phi) is 7.87. The van der Waals surface area contributed by atoms with Crippen molar-refractivity contribution in [3.63, 3.8) is 0 Å². The molecule has 1 unspecified atom stereocenters. The highest BCUT2D eigenvalue weighted by atomic mass is 127. The number of benzene rings is 1. The standard InChI is InChI=1S/C15H14I3NO7/c1-24-14(22)8-10(16)9(15(23)25-2)12(18)13(11(8)17)19-6(3-20)4-26-5-7(19)21/h6,20H,3-5H2,1-2H3. The van der Waals surface area contributed by atoms with Gasteiger partial charge in [-0.1, -0.05) is 0 Å². The fraction of sp³-hybridized carbons (Fsp3) is 0.400. The molecule has 1 N–H and O–H groups in total. The number of carbonyl (C=O) groups is 3. The first-order valence-corrected chi connectivity index (χ1v) is 10.4. The molecule has 1 saturated heterocycles. The monoisotopic (exact) mass is 701 g/mol. The SMILES string of the molecule is COC(=O)c1c(I)c(C(=O)OC)c(I)c(N2C(=O)COCC2CO)c1I. The summed E-state index contributed by atoms with van der Waals surface area (Å²) in [7, 11) is 2.47. The molecule has 8 nitrogen and oxygen atoms in total. The molecule has 0 aromatic heterocycles. The molecule has 0 radical (unpaired) electrons.